The van der Waals surface area contributed by atoms with Gasteiger partial charge in [-0.25, -0.2) is 4.39 Å². The largest absolute Gasteiger partial charge is 0.447 e. The Labute approximate surface area is 117 Å². The normalized spacial score (nSPS) is 10.3. The van der Waals surface area contributed by atoms with Gasteiger partial charge in [0.2, 0.25) is 5.75 Å². The molecule has 19 heavy (non-hydrogen) atoms. The molecule has 0 heterocycles. The van der Waals surface area contributed by atoms with E-state index in [1.54, 1.807) is 13.0 Å². The lowest BCUT2D eigenvalue weighted by atomic mass is 10.2. The van der Waals surface area contributed by atoms with Gasteiger partial charge >= 0.3 is 5.69 Å². The Bertz CT molecular complexity index is 646. The molecule has 0 atom stereocenters. The number of rotatable bonds is 3. The topological polar surface area (TPSA) is 52.4 Å². The summed E-state index contributed by atoms with van der Waals surface area (Å²) in [6, 6.07) is 8.65. The van der Waals surface area contributed by atoms with Crippen molar-refractivity contribution in [1.82, 2.24) is 0 Å². The lowest BCUT2D eigenvalue weighted by Crippen LogP contribution is -1.95. The van der Waals surface area contributed by atoms with Crippen LogP contribution in [0.2, 0.25) is 0 Å². The molecular weight excluding hydrogens is 317 g/mol. The summed E-state index contributed by atoms with van der Waals surface area (Å²) in [5.74, 6) is -0.646. The minimum Gasteiger partial charge on any atom is -0.447 e. The van der Waals surface area contributed by atoms with Crippen LogP contribution in [0.5, 0.6) is 11.5 Å². The lowest BCUT2D eigenvalue weighted by Gasteiger charge is -2.08. The van der Waals surface area contributed by atoms with Gasteiger partial charge in [-0.05, 0) is 36.8 Å². The summed E-state index contributed by atoms with van der Waals surface area (Å²) in [5.41, 5.74) is 0.535. The second-order valence-corrected chi connectivity index (χ2v) is 4.82. The zero-order valence-corrected chi connectivity index (χ0v) is 11.5. The van der Waals surface area contributed by atoms with Gasteiger partial charge in [-0.2, -0.15) is 0 Å². The van der Waals surface area contributed by atoms with Crippen molar-refractivity contribution in [2.45, 2.75) is 6.92 Å². The predicted molar refractivity (Wildman–Crippen MR) is 72.0 cm³/mol. The van der Waals surface area contributed by atoms with Crippen LogP contribution in [0.4, 0.5) is 10.1 Å². The average molecular weight is 326 g/mol. The first kappa shape index (κ1) is 13.5. The molecule has 0 aromatic heterocycles. The molecule has 2 rings (SSSR count). The standard InChI is InChI=1S/C13H9BrFNO3/c1-8-2-5-12(11(6-8)16(17)18)19-13-7-9(14)3-4-10(13)15/h2-7H,1H3. The molecule has 0 bridgehead atoms. The highest BCUT2D eigenvalue weighted by molar-refractivity contribution is 9.10. The van der Waals surface area contributed by atoms with Crippen molar-refractivity contribution in [3.8, 4) is 11.5 Å². The van der Waals surface area contributed by atoms with E-state index in [1.165, 1.54) is 30.3 Å². The Hall–Kier alpha value is -1.95. The molecule has 0 N–H and O–H groups in total. The van der Waals surface area contributed by atoms with E-state index in [2.05, 4.69) is 15.9 Å². The molecule has 0 saturated heterocycles. The van der Waals surface area contributed by atoms with Crippen molar-refractivity contribution in [2.24, 2.45) is 0 Å². The zero-order valence-electron chi connectivity index (χ0n) is 9.89. The van der Waals surface area contributed by atoms with Crippen molar-refractivity contribution in [3.63, 3.8) is 0 Å². The molecular formula is C13H9BrFNO3. The summed E-state index contributed by atoms with van der Waals surface area (Å²) < 4.78 is 19.5. The zero-order chi connectivity index (χ0) is 14.0. The molecule has 0 aliphatic carbocycles. The fourth-order valence-electron chi connectivity index (χ4n) is 1.53. The molecule has 0 amide bonds. The van der Waals surface area contributed by atoms with Gasteiger partial charge in [0.1, 0.15) is 0 Å². The number of nitrogens with zero attached hydrogens (tertiary/aromatic N) is 1. The number of benzene rings is 2. The maximum absolute atomic E-state index is 13.6. The number of hydrogen-bond donors (Lipinski definition) is 0. The molecule has 0 aliphatic rings. The van der Waals surface area contributed by atoms with E-state index < -0.39 is 10.7 Å². The van der Waals surface area contributed by atoms with E-state index >= 15 is 0 Å². The van der Waals surface area contributed by atoms with E-state index in [0.717, 1.165) is 5.56 Å². The van der Waals surface area contributed by atoms with Crippen molar-refractivity contribution < 1.29 is 14.1 Å². The van der Waals surface area contributed by atoms with Crippen LogP contribution < -0.4 is 4.74 Å². The third-order valence-electron chi connectivity index (χ3n) is 2.42. The lowest BCUT2D eigenvalue weighted by molar-refractivity contribution is -0.385. The Kier molecular flexibility index (Phi) is 3.80. The summed E-state index contributed by atoms with van der Waals surface area (Å²) >= 11 is 3.19. The smallest absolute Gasteiger partial charge is 0.311 e. The number of hydrogen-bond acceptors (Lipinski definition) is 3. The monoisotopic (exact) mass is 325 g/mol. The summed E-state index contributed by atoms with van der Waals surface area (Å²) in [6.07, 6.45) is 0. The Balaban J connectivity index is 2.43. The van der Waals surface area contributed by atoms with Crippen LogP contribution in [-0.2, 0) is 0 Å². The fraction of sp³-hybridized carbons (Fsp3) is 0.0769. The molecule has 0 unspecified atom stereocenters. The highest BCUT2D eigenvalue weighted by Gasteiger charge is 2.17. The third kappa shape index (κ3) is 3.08. The number of nitro groups is 1. The van der Waals surface area contributed by atoms with Gasteiger partial charge in [-0.3, -0.25) is 10.1 Å². The minimum absolute atomic E-state index is 0.00704. The first-order valence-electron chi connectivity index (χ1n) is 5.35. The van der Waals surface area contributed by atoms with Crippen LogP contribution in [0.3, 0.4) is 0 Å². The van der Waals surface area contributed by atoms with Crippen LogP contribution in [0, 0.1) is 22.9 Å². The van der Waals surface area contributed by atoms with Crippen molar-refractivity contribution >= 4 is 21.6 Å². The highest BCUT2D eigenvalue weighted by atomic mass is 79.9. The summed E-state index contributed by atoms with van der Waals surface area (Å²) in [7, 11) is 0. The summed E-state index contributed by atoms with van der Waals surface area (Å²) in [6.45, 7) is 1.73. The van der Waals surface area contributed by atoms with Gasteiger partial charge in [0, 0.05) is 10.5 Å². The van der Waals surface area contributed by atoms with Crippen LogP contribution in [0.15, 0.2) is 40.9 Å². The van der Waals surface area contributed by atoms with Crippen molar-refractivity contribution in [1.29, 1.82) is 0 Å². The van der Waals surface area contributed by atoms with Gasteiger partial charge in [-0.15, -0.1) is 0 Å². The number of ether oxygens (including phenoxy) is 1. The van der Waals surface area contributed by atoms with Crippen LogP contribution in [-0.4, -0.2) is 4.92 Å². The Morgan fingerprint density at radius 3 is 2.63 bits per heavy atom. The van der Waals surface area contributed by atoms with Gasteiger partial charge in [-0.1, -0.05) is 22.0 Å². The van der Waals surface area contributed by atoms with Crippen LogP contribution >= 0.6 is 15.9 Å². The second-order valence-electron chi connectivity index (χ2n) is 3.91. The molecule has 4 nitrogen and oxygen atoms in total. The predicted octanol–water partition coefficient (Wildman–Crippen LogP) is 4.60. The second kappa shape index (κ2) is 5.36. The van der Waals surface area contributed by atoms with Crippen molar-refractivity contribution in [2.75, 3.05) is 0 Å². The van der Waals surface area contributed by atoms with E-state index in [1.807, 2.05) is 0 Å². The third-order valence-corrected chi connectivity index (χ3v) is 2.92. The van der Waals surface area contributed by atoms with E-state index in [0.29, 0.717) is 4.47 Å². The van der Waals surface area contributed by atoms with Gasteiger partial charge < -0.3 is 4.74 Å². The SMILES string of the molecule is Cc1ccc(Oc2cc(Br)ccc2F)c([N+](=O)[O-])c1. The minimum atomic E-state index is -0.585. The molecule has 0 radical (unpaired) electrons. The Morgan fingerprint density at radius 1 is 1.21 bits per heavy atom. The first-order chi connectivity index (χ1) is 8.97. The number of aryl methyl sites for hydroxylation is 1. The van der Waals surface area contributed by atoms with Crippen molar-refractivity contribution in [3.05, 3.63) is 62.4 Å². The van der Waals surface area contributed by atoms with Crippen LogP contribution in [0.25, 0.3) is 0 Å². The van der Waals surface area contributed by atoms with Gasteiger partial charge in [0.15, 0.2) is 11.6 Å². The molecule has 98 valence electrons. The first-order valence-corrected chi connectivity index (χ1v) is 6.14. The van der Waals surface area contributed by atoms with E-state index in [-0.39, 0.29) is 17.2 Å². The summed E-state index contributed by atoms with van der Waals surface area (Å²) in [5, 5.41) is 10.9. The molecule has 0 fully saturated rings. The van der Waals surface area contributed by atoms with E-state index in [9.17, 15) is 14.5 Å². The van der Waals surface area contributed by atoms with E-state index in [4.69, 9.17) is 4.74 Å². The fourth-order valence-corrected chi connectivity index (χ4v) is 1.87. The highest BCUT2D eigenvalue weighted by Crippen LogP contribution is 2.34. The van der Waals surface area contributed by atoms with Gasteiger partial charge in [0.25, 0.3) is 0 Å². The molecule has 0 aliphatic heterocycles. The summed E-state index contributed by atoms with van der Waals surface area (Å²) in [4.78, 5) is 10.4. The molecule has 0 spiro atoms. The molecule has 2 aromatic carbocycles. The van der Waals surface area contributed by atoms with Crippen LogP contribution in [0.1, 0.15) is 5.56 Å². The molecule has 2 aromatic rings. The number of nitro benzene ring substituents is 1. The average Bonchev–Trinajstić information content (AvgIpc) is 2.35. The molecule has 0 saturated carbocycles. The number of halogens is 2. The quantitative estimate of drug-likeness (QED) is 0.612. The maximum Gasteiger partial charge on any atom is 0.311 e. The molecule has 6 heteroatoms. The maximum atomic E-state index is 13.6. The Morgan fingerprint density at radius 2 is 1.95 bits per heavy atom. The van der Waals surface area contributed by atoms with Gasteiger partial charge in [0.05, 0.1) is 4.92 Å².